The Kier molecular flexibility index (Phi) is 3.76. The standard InChI is InChI=1S/C14H17BrN2O/c1-5-14-16-9(2)10(3)17(14)12-7-6-11(15)8-13(12)18-4/h6-8H,5H2,1-4H3. The van der Waals surface area contributed by atoms with Gasteiger partial charge in [-0.05, 0) is 32.0 Å². The van der Waals surface area contributed by atoms with Gasteiger partial charge in [0.15, 0.2) is 0 Å². The van der Waals surface area contributed by atoms with Crippen molar-refractivity contribution in [2.75, 3.05) is 7.11 Å². The number of nitrogens with zero attached hydrogens (tertiary/aromatic N) is 2. The van der Waals surface area contributed by atoms with E-state index in [1.54, 1.807) is 7.11 Å². The summed E-state index contributed by atoms with van der Waals surface area (Å²) in [5, 5.41) is 0. The number of ether oxygens (including phenoxy) is 1. The molecule has 0 saturated heterocycles. The van der Waals surface area contributed by atoms with Gasteiger partial charge in [0.1, 0.15) is 11.6 Å². The van der Waals surface area contributed by atoms with E-state index in [9.17, 15) is 0 Å². The minimum Gasteiger partial charge on any atom is -0.495 e. The molecule has 4 heteroatoms. The summed E-state index contributed by atoms with van der Waals surface area (Å²) in [6.45, 7) is 6.24. The Balaban J connectivity index is 2.68. The number of benzene rings is 1. The molecule has 0 unspecified atom stereocenters. The molecule has 1 aromatic heterocycles. The zero-order valence-corrected chi connectivity index (χ0v) is 12.7. The van der Waals surface area contributed by atoms with Crippen molar-refractivity contribution in [3.05, 3.63) is 39.9 Å². The van der Waals surface area contributed by atoms with Crippen LogP contribution < -0.4 is 4.74 Å². The van der Waals surface area contributed by atoms with E-state index in [1.807, 2.05) is 19.1 Å². The lowest BCUT2D eigenvalue weighted by Gasteiger charge is -2.14. The second-order valence-corrected chi connectivity index (χ2v) is 5.12. The Morgan fingerprint density at radius 3 is 2.67 bits per heavy atom. The molecule has 0 amide bonds. The second kappa shape index (κ2) is 5.14. The van der Waals surface area contributed by atoms with Gasteiger partial charge in [-0.25, -0.2) is 4.98 Å². The van der Waals surface area contributed by atoms with Gasteiger partial charge >= 0.3 is 0 Å². The normalized spacial score (nSPS) is 10.7. The summed E-state index contributed by atoms with van der Waals surface area (Å²) >= 11 is 3.46. The maximum Gasteiger partial charge on any atom is 0.144 e. The molecule has 1 heterocycles. The summed E-state index contributed by atoms with van der Waals surface area (Å²) in [6.07, 6.45) is 0.897. The van der Waals surface area contributed by atoms with Gasteiger partial charge in [0.25, 0.3) is 0 Å². The lowest BCUT2D eigenvalue weighted by atomic mass is 10.2. The van der Waals surface area contributed by atoms with Gasteiger partial charge in [0.2, 0.25) is 0 Å². The second-order valence-electron chi connectivity index (χ2n) is 4.20. The zero-order valence-electron chi connectivity index (χ0n) is 11.1. The third-order valence-electron chi connectivity index (χ3n) is 3.11. The van der Waals surface area contributed by atoms with E-state index in [1.165, 1.54) is 0 Å². The quantitative estimate of drug-likeness (QED) is 0.862. The van der Waals surface area contributed by atoms with Gasteiger partial charge in [0.05, 0.1) is 18.5 Å². The number of hydrogen-bond acceptors (Lipinski definition) is 2. The van der Waals surface area contributed by atoms with Gasteiger partial charge in [-0.3, -0.25) is 4.57 Å². The van der Waals surface area contributed by atoms with E-state index in [0.29, 0.717) is 0 Å². The molecule has 0 N–H and O–H groups in total. The van der Waals surface area contributed by atoms with Crippen LogP contribution in [-0.2, 0) is 6.42 Å². The lowest BCUT2D eigenvalue weighted by Crippen LogP contribution is -2.04. The van der Waals surface area contributed by atoms with E-state index >= 15 is 0 Å². The summed E-state index contributed by atoms with van der Waals surface area (Å²) < 4.78 is 8.64. The summed E-state index contributed by atoms with van der Waals surface area (Å²) in [5.74, 6) is 1.91. The number of aromatic nitrogens is 2. The van der Waals surface area contributed by atoms with E-state index in [2.05, 4.69) is 45.4 Å². The molecule has 2 rings (SSSR count). The smallest absolute Gasteiger partial charge is 0.144 e. The summed E-state index contributed by atoms with van der Waals surface area (Å²) in [4.78, 5) is 4.60. The predicted octanol–water partition coefficient (Wildman–Crippen LogP) is 3.82. The van der Waals surface area contributed by atoms with Crippen LogP contribution >= 0.6 is 15.9 Å². The van der Waals surface area contributed by atoms with Gasteiger partial charge in [0, 0.05) is 16.6 Å². The molecule has 0 aliphatic rings. The van der Waals surface area contributed by atoms with Gasteiger partial charge in [-0.15, -0.1) is 0 Å². The fraction of sp³-hybridized carbons (Fsp3) is 0.357. The monoisotopic (exact) mass is 308 g/mol. The maximum absolute atomic E-state index is 5.47. The molecule has 0 spiro atoms. The highest BCUT2D eigenvalue weighted by Crippen LogP contribution is 2.29. The van der Waals surface area contributed by atoms with E-state index in [-0.39, 0.29) is 0 Å². The molecule has 0 saturated carbocycles. The average Bonchev–Trinajstić information content (AvgIpc) is 2.65. The first-order valence-electron chi connectivity index (χ1n) is 5.97. The van der Waals surface area contributed by atoms with Crippen molar-refractivity contribution in [2.45, 2.75) is 27.2 Å². The highest BCUT2D eigenvalue weighted by Gasteiger charge is 2.14. The molecule has 96 valence electrons. The van der Waals surface area contributed by atoms with Crippen LogP contribution in [0, 0.1) is 13.8 Å². The minimum atomic E-state index is 0.847. The summed E-state index contributed by atoms with van der Waals surface area (Å²) in [7, 11) is 1.69. The topological polar surface area (TPSA) is 27.1 Å². The number of hydrogen-bond donors (Lipinski definition) is 0. The number of halogens is 1. The number of methoxy groups -OCH3 is 1. The molecule has 0 radical (unpaired) electrons. The van der Waals surface area contributed by atoms with Crippen LogP contribution in [0.3, 0.4) is 0 Å². The third kappa shape index (κ3) is 2.17. The van der Waals surface area contributed by atoms with Crippen molar-refractivity contribution in [1.82, 2.24) is 9.55 Å². The van der Waals surface area contributed by atoms with Crippen molar-refractivity contribution < 1.29 is 4.74 Å². The SMILES string of the molecule is CCc1nc(C)c(C)n1-c1ccc(Br)cc1OC. The molecule has 1 aromatic carbocycles. The molecule has 0 aliphatic carbocycles. The Morgan fingerprint density at radius 1 is 1.33 bits per heavy atom. The van der Waals surface area contributed by atoms with Crippen LogP contribution in [0.5, 0.6) is 5.75 Å². The Morgan fingerprint density at radius 2 is 2.06 bits per heavy atom. The molecule has 3 nitrogen and oxygen atoms in total. The fourth-order valence-corrected chi connectivity index (χ4v) is 2.41. The van der Waals surface area contributed by atoms with Crippen LogP contribution in [0.15, 0.2) is 22.7 Å². The molecular weight excluding hydrogens is 292 g/mol. The summed E-state index contributed by atoms with van der Waals surface area (Å²) in [5.41, 5.74) is 3.26. The number of rotatable bonds is 3. The van der Waals surface area contributed by atoms with E-state index < -0.39 is 0 Å². The molecule has 0 fully saturated rings. The van der Waals surface area contributed by atoms with Gasteiger partial charge in [-0.2, -0.15) is 0 Å². The van der Waals surface area contributed by atoms with E-state index in [0.717, 1.165) is 39.5 Å². The lowest BCUT2D eigenvalue weighted by molar-refractivity contribution is 0.412. The first-order chi connectivity index (χ1) is 8.58. The zero-order chi connectivity index (χ0) is 13.3. The van der Waals surface area contributed by atoms with Crippen LogP contribution in [0.25, 0.3) is 5.69 Å². The number of imidazole rings is 1. The van der Waals surface area contributed by atoms with Crippen LogP contribution in [0.2, 0.25) is 0 Å². The minimum absolute atomic E-state index is 0.847. The van der Waals surface area contributed by atoms with Gasteiger partial charge < -0.3 is 4.74 Å². The molecule has 0 atom stereocenters. The maximum atomic E-state index is 5.47. The third-order valence-corrected chi connectivity index (χ3v) is 3.61. The van der Waals surface area contributed by atoms with Crippen molar-refractivity contribution in [3.63, 3.8) is 0 Å². The van der Waals surface area contributed by atoms with Crippen LogP contribution in [0.1, 0.15) is 24.1 Å². The summed E-state index contributed by atoms with van der Waals surface area (Å²) in [6, 6.07) is 6.05. The van der Waals surface area contributed by atoms with Crippen LogP contribution in [-0.4, -0.2) is 16.7 Å². The highest BCUT2D eigenvalue weighted by molar-refractivity contribution is 9.10. The largest absolute Gasteiger partial charge is 0.495 e. The predicted molar refractivity (Wildman–Crippen MR) is 76.7 cm³/mol. The Bertz CT molecular complexity index is 575. The van der Waals surface area contributed by atoms with Crippen LogP contribution in [0.4, 0.5) is 0 Å². The molecular formula is C14H17BrN2O. The van der Waals surface area contributed by atoms with Crippen molar-refractivity contribution in [2.24, 2.45) is 0 Å². The van der Waals surface area contributed by atoms with Crippen molar-refractivity contribution in [1.29, 1.82) is 0 Å². The first-order valence-corrected chi connectivity index (χ1v) is 6.76. The van der Waals surface area contributed by atoms with E-state index in [4.69, 9.17) is 4.74 Å². The molecule has 0 bridgehead atoms. The Hall–Kier alpha value is -1.29. The van der Waals surface area contributed by atoms with Crippen molar-refractivity contribution in [3.8, 4) is 11.4 Å². The molecule has 18 heavy (non-hydrogen) atoms. The molecule has 2 aromatic rings. The Labute approximate surface area is 116 Å². The molecule has 0 aliphatic heterocycles. The van der Waals surface area contributed by atoms with Gasteiger partial charge in [-0.1, -0.05) is 22.9 Å². The fourth-order valence-electron chi connectivity index (χ4n) is 2.07. The average molecular weight is 309 g/mol. The highest BCUT2D eigenvalue weighted by atomic mass is 79.9. The number of aryl methyl sites for hydroxylation is 2. The first kappa shape index (κ1) is 13.1. The van der Waals surface area contributed by atoms with Crippen molar-refractivity contribution >= 4 is 15.9 Å².